The van der Waals surface area contributed by atoms with Gasteiger partial charge in [0.25, 0.3) is 0 Å². The molecule has 0 saturated heterocycles. The lowest BCUT2D eigenvalue weighted by Gasteiger charge is -2.22. The molecule has 0 aliphatic carbocycles. The van der Waals surface area contributed by atoms with E-state index in [0.717, 1.165) is 5.50 Å². The second kappa shape index (κ2) is 6.73. The van der Waals surface area contributed by atoms with Crippen molar-refractivity contribution in [3.05, 3.63) is 53.1 Å². The van der Waals surface area contributed by atoms with Gasteiger partial charge in [0.05, 0.1) is 8.07 Å². The molecule has 0 nitrogen and oxygen atoms in total. The van der Waals surface area contributed by atoms with Gasteiger partial charge < -0.3 is 0 Å². The Morgan fingerprint density at radius 2 is 1.68 bits per heavy atom. The molecule has 0 aromatic heterocycles. The second-order valence-electron chi connectivity index (χ2n) is 7.38. The van der Waals surface area contributed by atoms with E-state index in [9.17, 15) is 0 Å². The Bertz CT molecular complexity index is 672. The quantitative estimate of drug-likeness (QED) is 0.588. The standard InChI is InChI=1S/C19H27ClSi2/c1-14-10-17(12-18(11-14)22(4,5)6)21(13-20)19-9-7-8-15(2)16(19)3/h7-12,21H,13H2,1-6H3. The molecule has 0 spiro atoms. The molecular formula is C19H27ClSi2. The van der Waals surface area contributed by atoms with Crippen LogP contribution in [-0.4, -0.2) is 22.4 Å². The molecule has 2 aromatic carbocycles. The predicted molar refractivity (Wildman–Crippen MR) is 107 cm³/mol. The molecule has 0 aliphatic rings. The minimum absolute atomic E-state index is 0.763. The highest BCUT2D eigenvalue weighted by Gasteiger charge is 2.22. The fourth-order valence-electron chi connectivity index (χ4n) is 2.95. The van der Waals surface area contributed by atoms with Crippen LogP contribution in [0.3, 0.4) is 0 Å². The smallest absolute Gasteiger partial charge is 0.118 e. The Labute approximate surface area is 143 Å². The zero-order valence-corrected chi connectivity index (χ0v) is 17.5. The van der Waals surface area contributed by atoms with Gasteiger partial charge in [0.2, 0.25) is 0 Å². The first-order valence-corrected chi connectivity index (χ1v) is 14.0. The number of halogens is 1. The summed E-state index contributed by atoms with van der Waals surface area (Å²) in [6.45, 7) is 13.9. The minimum atomic E-state index is -1.34. The van der Waals surface area contributed by atoms with Gasteiger partial charge in [0.15, 0.2) is 0 Å². The van der Waals surface area contributed by atoms with Crippen molar-refractivity contribution in [3.8, 4) is 0 Å². The topological polar surface area (TPSA) is 0 Å². The SMILES string of the molecule is Cc1cc([SiH](CCl)c2cccc(C)c2C)cc([Si](C)(C)C)c1. The Morgan fingerprint density at radius 1 is 1.00 bits per heavy atom. The van der Waals surface area contributed by atoms with Crippen LogP contribution >= 0.6 is 11.6 Å². The monoisotopic (exact) mass is 346 g/mol. The van der Waals surface area contributed by atoms with Crippen LogP contribution in [0.15, 0.2) is 36.4 Å². The summed E-state index contributed by atoms with van der Waals surface area (Å²) in [5.41, 5.74) is 4.94. The number of rotatable bonds is 4. The van der Waals surface area contributed by atoms with Crippen molar-refractivity contribution in [2.75, 3.05) is 5.50 Å². The zero-order chi connectivity index (χ0) is 16.5. The van der Waals surface area contributed by atoms with Crippen LogP contribution in [0.25, 0.3) is 0 Å². The van der Waals surface area contributed by atoms with Gasteiger partial charge in [0.1, 0.15) is 8.80 Å². The first kappa shape index (κ1) is 17.5. The van der Waals surface area contributed by atoms with Gasteiger partial charge in [-0.3, -0.25) is 0 Å². The van der Waals surface area contributed by atoms with Gasteiger partial charge in [-0.1, -0.05) is 77.2 Å². The average Bonchev–Trinajstić information content (AvgIpc) is 2.43. The van der Waals surface area contributed by atoms with E-state index in [0.29, 0.717) is 0 Å². The molecule has 1 unspecified atom stereocenters. The first-order valence-electron chi connectivity index (χ1n) is 7.98. The van der Waals surface area contributed by atoms with E-state index in [1.807, 2.05) is 0 Å². The third kappa shape index (κ3) is 3.73. The van der Waals surface area contributed by atoms with E-state index in [-0.39, 0.29) is 0 Å². The van der Waals surface area contributed by atoms with Crippen molar-refractivity contribution in [2.45, 2.75) is 40.4 Å². The minimum Gasteiger partial charge on any atom is -0.130 e. The molecule has 1 atom stereocenters. The first-order chi connectivity index (χ1) is 10.2. The van der Waals surface area contributed by atoms with Crippen LogP contribution in [0.1, 0.15) is 16.7 Å². The highest BCUT2D eigenvalue weighted by atomic mass is 35.5. The van der Waals surface area contributed by atoms with Gasteiger partial charge in [-0.05, 0) is 31.9 Å². The van der Waals surface area contributed by atoms with Crippen molar-refractivity contribution in [2.24, 2.45) is 0 Å². The van der Waals surface area contributed by atoms with Crippen LogP contribution < -0.4 is 15.6 Å². The Morgan fingerprint density at radius 3 is 2.27 bits per heavy atom. The molecule has 118 valence electrons. The molecule has 22 heavy (non-hydrogen) atoms. The largest absolute Gasteiger partial charge is 0.130 e. The third-order valence-electron chi connectivity index (χ3n) is 4.54. The molecule has 2 aromatic rings. The Hall–Kier alpha value is -0.836. The van der Waals surface area contributed by atoms with E-state index >= 15 is 0 Å². The maximum absolute atomic E-state index is 6.45. The summed E-state index contributed by atoms with van der Waals surface area (Å²) >= 11 is 6.45. The number of hydrogen-bond acceptors (Lipinski definition) is 0. The summed E-state index contributed by atoms with van der Waals surface area (Å²) in [5.74, 6) is 0. The fraction of sp³-hybridized carbons (Fsp3) is 0.368. The fourth-order valence-corrected chi connectivity index (χ4v) is 8.05. The summed E-state index contributed by atoms with van der Waals surface area (Å²) in [7, 11) is -2.64. The summed E-state index contributed by atoms with van der Waals surface area (Å²) in [6.07, 6.45) is 0. The number of hydrogen-bond donors (Lipinski definition) is 0. The molecule has 0 heterocycles. The second-order valence-corrected chi connectivity index (χ2v) is 16.1. The average molecular weight is 347 g/mol. The summed E-state index contributed by atoms with van der Waals surface area (Å²) in [6, 6.07) is 13.9. The van der Waals surface area contributed by atoms with Gasteiger partial charge in [-0.25, -0.2) is 0 Å². The molecular weight excluding hydrogens is 320 g/mol. The molecule has 0 fully saturated rings. The molecule has 0 radical (unpaired) electrons. The van der Waals surface area contributed by atoms with Gasteiger partial charge >= 0.3 is 0 Å². The molecule has 0 amide bonds. The highest BCUT2D eigenvalue weighted by Crippen LogP contribution is 2.08. The van der Waals surface area contributed by atoms with Gasteiger partial charge in [0, 0.05) is 5.50 Å². The van der Waals surface area contributed by atoms with E-state index in [4.69, 9.17) is 11.6 Å². The summed E-state index contributed by atoms with van der Waals surface area (Å²) in [5, 5.41) is 4.55. The summed E-state index contributed by atoms with van der Waals surface area (Å²) in [4.78, 5) is 0. The van der Waals surface area contributed by atoms with Crippen LogP contribution in [0, 0.1) is 20.8 Å². The lowest BCUT2D eigenvalue weighted by Crippen LogP contribution is -2.49. The lowest BCUT2D eigenvalue weighted by molar-refractivity contribution is 1.36. The van der Waals surface area contributed by atoms with E-state index in [2.05, 4.69) is 76.8 Å². The summed E-state index contributed by atoms with van der Waals surface area (Å²) < 4.78 is 0. The van der Waals surface area contributed by atoms with Crippen LogP contribution in [-0.2, 0) is 0 Å². The maximum Gasteiger partial charge on any atom is 0.118 e. The van der Waals surface area contributed by atoms with Crippen molar-refractivity contribution >= 4 is 44.0 Å². The van der Waals surface area contributed by atoms with Crippen molar-refractivity contribution in [3.63, 3.8) is 0 Å². The normalized spacial score (nSPS) is 13.2. The maximum atomic E-state index is 6.45. The van der Waals surface area contributed by atoms with Crippen molar-refractivity contribution in [1.82, 2.24) is 0 Å². The Balaban J connectivity index is 2.57. The van der Waals surface area contributed by atoms with E-state index in [1.165, 1.54) is 27.1 Å². The zero-order valence-electron chi connectivity index (χ0n) is 14.6. The third-order valence-corrected chi connectivity index (χ3v) is 10.3. The van der Waals surface area contributed by atoms with Gasteiger partial charge in [-0.15, -0.1) is 11.6 Å². The van der Waals surface area contributed by atoms with Gasteiger partial charge in [-0.2, -0.15) is 0 Å². The predicted octanol–water partition coefficient (Wildman–Crippen LogP) is 3.28. The molecule has 3 heteroatoms. The molecule has 0 aliphatic heterocycles. The molecule has 0 N–H and O–H groups in total. The molecule has 0 bridgehead atoms. The molecule has 0 saturated carbocycles. The van der Waals surface area contributed by atoms with Crippen molar-refractivity contribution in [1.29, 1.82) is 0 Å². The van der Waals surface area contributed by atoms with Crippen LogP contribution in [0.5, 0.6) is 0 Å². The van der Waals surface area contributed by atoms with Crippen molar-refractivity contribution < 1.29 is 0 Å². The molecule has 2 rings (SSSR count). The Kier molecular flexibility index (Phi) is 5.36. The number of aryl methyl sites for hydroxylation is 2. The van der Waals surface area contributed by atoms with E-state index in [1.54, 1.807) is 5.19 Å². The highest BCUT2D eigenvalue weighted by molar-refractivity contribution is 6.92. The van der Waals surface area contributed by atoms with Crippen LogP contribution in [0.2, 0.25) is 19.6 Å². The van der Waals surface area contributed by atoms with Crippen LogP contribution in [0.4, 0.5) is 0 Å². The number of benzene rings is 2. The lowest BCUT2D eigenvalue weighted by atomic mass is 10.1. The van der Waals surface area contributed by atoms with E-state index < -0.39 is 16.9 Å². The number of alkyl halides is 1.